The van der Waals surface area contributed by atoms with E-state index >= 15 is 0 Å². The number of hydrogen-bond donors (Lipinski definition) is 3. The van der Waals surface area contributed by atoms with Crippen molar-refractivity contribution in [2.45, 2.75) is 12.8 Å². The molecular weight excluding hydrogens is 459 g/mol. The molecule has 1 fully saturated rings. The van der Waals surface area contributed by atoms with Crippen molar-refractivity contribution in [3.05, 3.63) is 23.4 Å². The number of nitrogens with one attached hydrogen (secondary N) is 2. The van der Waals surface area contributed by atoms with Crippen molar-refractivity contribution in [2.24, 2.45) is 10.4 Å². The fourth-order valence-electron chi connectivity index (χ4n) is 2.60. The lowest BCUT2D eigenvalue weighted by Gasteiger charge is -2.27. The van der Waals surface area contributed by atoms with E-state index in [0.29, 0.717) is 43.2 Å². The van der Waals surface area contributed by atoms with Crippen LogP contribution in [0.1, 0.15) is 12.8 Å². The van der Waals surface area contributed by atoms with E-state index < -0.39 is 0 Å². The van der Waals surface area contributed by atoms with E-state index in [1.165, 1.54) is 0 Å². The first-order valence-corrected chi connectivity index (χ1v) is 8.43. The molecule has 2 rings (SSSR count). The predicted molar refractivity (Wildman–Crippen MR) is 109 cm³/mol. The van der Waals surface area contributed by atoms with Crippen molar-refractivity contribution < 1.29 is 14.6 Å². The van der Waals surface area contributed by atoms with Crippen LogP contribution >= 0.6 is 35.6 Å². The fourth-order valence-corrected chi connectivity index (χ4v) is 2.77. The summed E-state index contributed by atoms with van der Waals surface area (Å²) in [5, 5.41) is 16.2. The summed E-state index contributed by atoms with van der Waals surface area (Å²) in [7, 11) is 1.72. The average molecular weight is 485 g/mol. The minimum atomic E-state index is -0.0235. The first-order chi connectivity index (χ1) is 11.7. The van der Waals surface area contributed by atoms with Gasteiger partial charge in [-0.25, -0.2) is 4.98 Å². The Morgan fingerprint density at radius 2 is 2.36 bits per heavy atom. The van der Waals surface area contributed by atoms with Crippen LogP contribution in [0, 0.1) is 5.41 Å². The molecule has 1 aliphatic heterocycles. The van der Waals surface area contributed by atoms with Crippen LogP contribution in [-0.2, 0) is 4.74 Å². The maximum atomic E-state index is 9.26. The molecule has 25 heavy (non-hydrogen) atoms. The van der Waals surface area contributed by atoms with Gasteiger partial charge in [0.2, 0.25) is 5.88 Å². The molecule has 0 bridgehead atoms. The van der Waals surface area contributed by atoms with E-state index in [1.807, 2.05) is 0 Å². The highest BCUT2D eigenvalue weighted by atomic mass is 127. The van der Waals surface area contributed by atoms with Crippen LogP contribution in [0.5, 0.6) is 5.88 Å². The second-order valence-electron chi connectivity index (χ2n) is 5.77. The van der Waals surface area contributed by atoms with Gasteiger partial charge in [-0.3, -0.25) is 4.99 Å². The lowest BCUT2D eigenvalue weighted by atomic mass is 9.84. The topological polar surface area (TPSA) is 88.0 Å². The Labute approximate surface area is 170 Å². The van der Waals surface area contributed by atoms with E-state index in [4.69, 9.17) is 21.1 Å². The normalized spacial score (nSPS) is 20.0. The van der Waals surface area contributed by atoms with Crippen molar-refractivity contribution in [1.82, 2.24) is 15.6 Å². The molecule has 142 valence electrons. The maximum absolute atomic E-state index is 9.26. The van der Waals surface area contributed by atoms with Gasteiger partial charge in [-0.1, -0.05) is 11.6 Å². The van der Waals surface area contributed by atoms with Crippen LogP contribution in [0.25, 0.3) is 0 Å². The van der Waals surface area contributed by atoms with Crippen molar-refractivity contribution >= 4 is 41.5 Å². The van der Waals surface area contributed by atoms with Crippen molar-refractivity contribution in [2.75, 3.05) is 46.6 Å². The zero-order valence-electron chi connectivity index (χ0n) is 14.3. The van der Waals surface area contributed by atoms with Gasteiger partial charge in [0.15, 0.2) is 5.96 Å². The van der Waals surface area contributed by atoms with Gasteiger partial charge in [0.25, 0.3) is 0 Å². The zero-order valence-corrected chi connectivity index (χ0v) is 17.4. The summed E-state index contributed by atoms with van der Waals surface area (Å²) in [5.74, 6) is 1.11. The minimum Gasteiger partial charge on any atom is -0.475 e. The quantitative estimate of drug-likeness (QED) is 0.225. The molecule has 1 atom stereocenters. The van der Waals surface area contributed by atoms with Crippen LogP contribution < -0.4 is 15.4 Å². The summed E-state index contributed by atoms with van der Waals surface area (Å²) in [6, 6.07) is 3.50. The Bertz CT molecular complexity index is 542. The number of pyridine rings is 1. The number of aliphatic hydroxyl groups is 1. The highest BCUT2D eigenvalue weighted by Crippen LogP contribution is 2.31. The maximum Gasteiger partial charge on any atom is 0.232 e. The van der Waals surface area contributed by atoms with Crippen LogP contribution in [0.4, 0.5) is 0 Å². The second kappa shape index (κ2) is 11.7. The third kappa shape index (κ3) is 7.12. The molecule has 0 aromatic carbocycles. The number of nitrogens with zero attached hydrogens (tertiary/aromatic N) is 2. The fraction of sp³-hybridized carbons (Fsp3) is 0.625. The molecule has 3 N–H and O–H groups in total. The summed E-state index contributed by atoms with van der Waals surface area (Å²) >= 11 is 5.98. The summed E-state index contributed by atoms with van der Waals surface area (Å²) in [4.78, 5) is 8.26. The number of hydrogen-bond acceptors (Lipinski definition) is 5. The van der Waals surface area contributed by atoms with Crippen LogP contribution in [-0.4, -0.2) is 62.6 Å². The number of aromatic nitrogens is 1. The number of guanidine groups is 1. The minimum absolute atomic E-state index is 0. The Kier molecular flexibility index (Phi) is 10.4. The van der Waals surface area contributed by atoms with E-state index in [0.717, 1.165) is 19.4 Å². The molecule has 9 heteroatoms. The molecule has 0 aliphatic carbocycles. The molecule has 1 aromatic rings. The largest absolute Gasteiger partial charge is 0.475 e. The number of aliphatic imine (C=N–C) groups is 1. The average Bonchev–Trinajstić information content (AvgIpc) is 3.05. The lowest BCUT2D eigenvalue weighted by Crippen LogP contribution is -2.45. The SMILES string of the molecule is CN=C(NCCOc1ncccc1Cl)NCC1(CCO)CCOC1.I. The molecule has 1 aromatic heterocycles. The Morgan fingerprint density at radius 1 is 1.52 bits per heavy atom. The standard InChI is InChI=1S/C16H25ClN4O3.HI/c1-18-15(21-11-16(4-8-22)5-9-23-12-16)20-7-10-24-14-13(17)3-2-6-19-14;/h2-3,6,22H,4-5,7-12H2,1H3,(H2,18,20,21);1H. The highest BCUT2D eigenvalue weighted by molar-refractivity contribution is 14.0. The number of ether oxygens (including phenoxy) is 2. The Hall–Kier alpha value is -0.840. The third-order valence-corrected chi connectivity index (χ3v) is 4.33. The van der Waals surface area contributed by atoms with Gasteiger partial charge < -0.3 is 25.2 Å². The monoisotopic (exact) mass is 484 g/mol. The smallest absolute Gasteiger partial charge is 0.232 e. The van der Waals surface area contributed by atoms with Gasteiger partial charge in [0, 0.05) is 38.4 Å². The lowest BCUT2D eigenvalue weighted by molar-refractivity contribution is 0.127. The van der Waals surface area contributed by atoms with Gasteiger partial charge in [-0.2, -0.15) is 0 Å². The van der Waals surface area contributed by atoms with Crippen molar-refractivity contribution in [3.63, 3.8) is 0 Å². The molecule has 0 spiro atoms. The second-order valence-corrected chi connectivity index (χ2v) is 6.17. The molecule has 1 unspecified atom stereocenters. The highest BCUT2D eigenvalue weighted by Gasteiger charge is 2.34. The van der Waals surface area contributed by atoms with E-state index in [1.54, 1.807) is 25.4 Å². The van der Waals surface area contributed by atoms with Crippen molar-refractivity contribution in [3.8, 4) is 5.88 Å². The molecule has 1 saturated heterocycles. The summed E-state index contributed by atoms with van der Waals surface area (Å²) in [6.45, 7) is 3.26. The van der Waals surface area contributed by atoms with Crippen LogP contribution in [0.2, 0.25) is 5.02 Å². The molecule has 0 saturated carbocycles. The zero-order chi connectivity index (χ0) is 17.3. The Morgan fingerprint density at radius 3 is 3.00 bits per heavy atom. The Balaban J connectivity index is 0.00000312. The van der Waals surface area contributed by atoms with E-state index in [9.17, 15) is 5.11 Å². The summed E-state index contributed by atoms with van der Waals surface area (Å²) in [5.41, 5.74) is -0.0235. The van der Waals surface area contributed by atoms with Crippen molar-refractivity contribution in [1.29, 1.82) is 0 Å². The molecule has 2 heterocycles. The van der Waals surface area contributed by atoms with Gasteiger partial charge in [-0.05, 0) is 25.0 Å². The van der Waals surface area contributed by atoms with Gasteiger partial charge in [-0.15, -0.1) is 24.0 Å². The van der Waals surface area contributed by atoms with Gasteiger partial charge in [0.1, 0.15) is 11.6 Å². The number of aliphatic hydroxyl groups excluding tert-OH is 1. The van der Waals surface area contributed by atoms with Gasteiger partial charge in [0.05, 0.1) is 13.2 Å². The van der Waals surface area contributed by atoms with E-state index in [2.05, 4.69) is 20.6 Å². The molecule has 0 amide bonds. The van der Waals surface area contributed by atoms with Crippen LogP contribution in [0.3, 0.4) is 0 Å². The summed E-state index contributed by atoms with van der Waals surface area (Å²) in [6.07, 6.45) is 3.30. The molecular formula is C16H26ClIN4O3. The van der Waals surface area contributed by atoms with E-state index in [-0.39, 0.29) is 36.0 Å². The first kappa shape index (κ1) is 22.2. The predicted octanol–water partition coefficient (Wildman–Crippen LogP) is 1.69. The summed E-state index contributed by atoms with van der Waals surface area (Å²) < 4.78 is 11.0. The number of halogens is 2. The van der Waals surface area contributed by atoms with Gasteiger partial charge >= 0.3 is 0 Å². The molecule has 1 aliphatic rings. The van der Waals surface area contributed by atoms with Crippen LogP contribution in [0.15, 0.2) is 23.3 Å². The first-order valence-electron chi connectivity index (χ1n) is 8.05. The molecule has 0 radical (unpaired) electrons. The number of rotatable bonds is 8. The molecule has 7 nitrogen and oxygen atoms in total. The third-order valence-electron chi connectivity index (χ3n) is 4.04.